The predicted molar refractivity (Wildman–Crippen MR) is 102 cm³/mol. The minimum absolute atomic E-state index is 0.0217. The van der Waals surface area contributed by atoms with E-state index in [0.29, 0.717) is 12.3 Å². The number of nitrogens with zero attached hydrogens (tertiary/aromatic N) is 1. The zero-order valence-electron chi connectivity index (χ0n) is 14.1. The summed E-state index contributed by atoms with van der Waals surface area (Å²) in [7, 11) is 1.65. The molecule has 0 unspecified atom stereocenters. The van der Waals surface area contributed by atoms with Gasteiger partial charge in [0.2, 0.25) is 5.91 Å². The first-order valence-electron chi connectivity index (χ1n) is 8.13. The Balaban J connectivity index is 1.43. The van der Waals surface area contributed by atoms with Crippen LogP contribution in [0.4, 0.5) is 0 Å². The lowest BCUT2D eigenvalue weighted by atomic mass is 10.1. The number of amides is 1. The molecule has 2 aromatic carbocycles. The van der Waals surface area contributed by atoms with Crippen molar-refractivity contribution in [3.8, 4) is 5.75 Å². The molecule has 0 radical (unpaired) electrons. The fourth-order valence-electron chi connectivity index (χ4n) is 2.46. The third-order valence-electron chi connectivity index (χ3n) is 3.82. The third kappa shape index (κ3) is 4.97. The number of hydrogen-bond acceptors (Lipinski definition) is 4. The van der Waals surface area contributed by atoms with Gasteiger partial charge in [-0.3, -0.25) is 4.79 Å². The molecule has 25 heavy (non-hydrogen) atoms. The fourth-order valence-corrected chi connectivity index (χ4v) is 3.16. The van der Waals surface area contributed by atoms with Crippen molar-refractivity contribution in [3.05, 3.63) is 66.2 Å². The second kappa shape index (κ2) is 8.53. The Labute approximate surface area is 151 Å². The molecule has 3 rings (SSSR count). The van der Waals surface area contributed by atoms with Gasteiger partial charge in [-0.1, -0.05) is 48.2 Å². The monoisotopic (exact) mass is 352 g/mol. The highest BCUT2D eigenvalue weighted by Crippen LogP contribution is 2.19. The lowest BCUT2D eigenvalue weighted by molar-refractivity contribution is -0.118. The third-order valence-corrected chi connectivity index (χ3v) is 4.75. The zero-order valence-corrected chi connectivity index (χ0v) is 14.9. The standard InChI is InChI=1S/C20H20N2O2S/c1-24-17-9-6-15(7-10-17)12-13-21-19(23)14-25-20-11-8-16-4-2-3-5-18(16)22-20/h2-11H,12-14H2,1H3,(H,21,23). The molecule has 0 aliphatic heterocycles. The Morgan fingerprint density at radius 3 is 2.68 bits per heavy atom. The van der Waals surface area contributed by atoms with Crippen molar-refractivity contribution in [2.75, 3.05) is 19.4 Å². The smallest absolute Gasteiger partial charge is 0.230 e. The Morgan fingerprint density at radius 2 is 1.88 bits per heavy atom. The van der Waals surface area contributed by atoms with Gasteiger partial charge in [-0.15, -0.1) is 0 Å². The molecule has 1 N–H and O–H groups in total. The van der Waals surface area contributed by atoms with Crippen LogP contribution >= 0.6 is 11.8 Å². The maximum atomic E-state index is 12.0. The van der Waals surface area contributed by atoms with Gasteiger partial charge in [0.25, 0.3) is 0 Å². The fraction of sp³-hybridized carbons (Fsp3) is 0.200. The first kappa shape index (κ1) is 17.3. The van der Waals surface area contributed by atoms with Gasteiger partial charge in [0.15, 0.2) is 0 Å². The maximum Gasteiger partial charge on any atom is 0.230 e. The summed E-state index contributed by atoms with van der Waals surface area (Å²) in [5, 5.41) is 4.92. The highest BCUT2D eigenvalue weighted by molar-refractivity contribution is 7.99. The topological polar surface area (TPSA) is 51.2 Å². The largest absolute Gasteiger partial charge is 0.497 e. The molecule has 0 saturated carbocycles. The number of carbonyl (C=O) groups excluding carboxylic acids is 1. The van der Waals surface area contributed by atoms with E-state index in [-0.39, 0.29) is 5.91 Å². The molecule has 5 heteroatoms. The molecule has 0 spiro atoms. The van der Waals surface area contributed by atoms with Gasteiger partial charge in [-0.25, -0.2) is 4.98 Å². The number of hydrogen-bond donors (Lipinski definition) is 1. The number of thioether (sulfide) groups is 1. The van der Waals surface area contributed by atoms with Crippen LogP contribution in [0.25, 0.3) is 10.9 Å². The molecule has 0 atom stereocenters. The van der Waals surface area contributed by atoms with Crippen LogP contribution in [0.5, 0.6) is 5.75 Å². The first-order chi connectivity index (χ1) is 12.2. The van der Waals surface area contributed by atoms with E-state index in [4.69, 9.17) is 4.74 Å². The minimum atomic E-state index is 0.0217. The van der Waals surface area contributed by atoms with Crippen molar-refractivity contribution in [3.63, 3.8) is 0 Å². The normalized spacial score (nSPS) is 10.6. The van der Waals surface area contributed by atoms with Crippen molar-refractivity contribution < 1.29 is 9.53 Å². The Bertz CT molecular complexity index is 850. The highest BCUT2D eigenvalue weighted by atomic mass is 32.2. The number of nitrogens with one attached hydrogen (secondary N) is 1. The number of fused-ring (bicyclic) bond motifs is 1. The average Bonchev–Trinajstić information content (AvgIpc) is 2.67. The number of aromatic nitrogens is 1. The van der Waals surface area contributed by atoms with E-state index in [1.807, 2.05) is 60.7 Å². The lowest BCUT2D eigenvalue weighted by Crippen LogP contribution is -2.27. The van der Waals surface area contributed by atoms with Crippen LogP contribution in [0, 0.1) is 0 Å². The zero-order chi connectivity index (χ0) is 17.5. The number of carbonyl (C=O) groups is 1. The predicted octanol–water partition coefficient (Wildman–Crippen LogP) is 3.69. The van der Waals surface area contributed by atoms with E-state index in [1.165, 1.54) is 17.3 Å². The molecule has 0 bridgehead atoms. The van der Waals surface area contributed by atoms with Gasteiger partial charge in [-0.2, -0.15) is 0 Å². The molecule has 0 fully saturated rings. The molecule has 1 aromatic heterocycles. The summed E-state index contributed by atoms with van der Waals surface area (Å²) in [6.07, 6.45) is 0.800. The van der Waals surface area contributed by atoms with Crippen LogP contribution in [0.1, 0.15) is 5.56 Å². The van der Waals surface area contributed by atoms with Crippen LogP contribution in [0.2, 0.25) is 0 Å². The second-order valence-corrected chi connectivity index (χ2v) is 6.57. The van der Waals surface area contributed by atoms with Crippen molar-refractivity contribution in [2.45, 2.75) is 11.4 Å². The van der Waals surface area contributed by atoms with E-state index in [9.17, 15) is 4.79 Å². The highest BCUT2D eigenvalue weighted by Gasteiger charge is 2.05. The Morgan fingerprint density at radius 1 is 1.08 bits per heavy atom. The summed E-state index contributed by atoms with van der Waals surface area (Å²) in [4.78, 5) is 16.6. The number of ether oxygens (including phenoxy) is 1. The molecule has 3 aromatic rings. The van der Waals surface area contributed by atoms with Gasteiger partial charge in [-0.05, 0) is 36.2 Å². The van der Waals surface area contributed by atoms with Crippen molar-refractivity contribution in [1.29, 1.82) is 0 Å². The molecule has 1 amide bonds. The van der Waals surface area contributed by atoms with E-state index < -0.39 is 0 Å². The molecular weight excluding hydrogens is 332 g/mol. The molecule has 128 valence electrons. The van der Waals surface area contributed by atoms with Crippen LogP contribution in [-0.4, -0.2) is 30.3 Å². The van der Waals surface area contributed by atoms with Crippen LogP contribution in [0.3, 0.4) is 0 Å². The summed E-state index contributed by atoms with van der Waals surface area (Å²) < 4.78 is 5.13. The van der Waals surface area contributed by atoms with Gasteiger partial charge in [0.1, 0.15) is 5.75 Å². The summed E-state index contributed by atoms with van der Waals surface area (Å²) >= 11 is 1.45. The summed E-state index contributed by atoms with van der Waals surface area (Å²) in [5.41, 5.74) is 2.12. The minimum Gasteiger partial charge on any atom is -0.497 e. The molecule has 0 aliphatic rings. The van der Waals surface area contributed by atoms with Crippen LogP contribution < -0.4 is 10.1 Å². The van der Waals surface area contributed by atoms with E-state index in [0.717, 1.165) is 28.1 Å². The number of methoxy groups -OCH3 is 1. The Kier molecular flexibility index (Phi) is 5.90. The number of benzene rings is 2. The van der Waals surface area contributed by atoms with Crippen LogP contribution in [0.15, 0.2) is 65.7 Å². The van der Waals surface area contributed by atoms with Crippen LogP contribution in [-0.2, 0) is 11.2 Å². The quantitative estimate of drug-likeness (QED) is 0.659. The molecule has 4 nitrogen and oxygen atoms in total. The molecular formula is C20H20N2O2S. The van der Waals surface area contributed by atoms with Crippen molar-refractivity contribution in [1.82, 2.24) is 10.3 Å². The molecule has 0 saturated heterocycles. The molecule has 1 heterocycles. The summed E-state index contributed by atoms with van der Waals surface area (Å²) in [6, 6.07) is 19.8. The van der Waals surface area contributed by atoms with Crippen molar-refractivity contribution >= 4 is 28.6 Å². The Hall–Kier alpha value is -2.53. The van der Waals surface area contributed by atoms with Crippen molar-refractivity contribution in [2.24, 2.45) is 0 Å². The number of rotatable bonds is 7. The molecule has 0 aliphatic carbocycles. The summed E-state index contributed by atoms with van der Waals surface area (Å²) in [6.45, 7) is 0.622. The SMILES string of the molecule is COc1ccc(CCNC(=O)CSc2ccc3ccccc3n2)cc1. The lowest BCUT2D eigenvalue weighted by Gasteiger charge is -2.06. The van der Waals surface area contributed by atoms with E-state index in [1.54, 1.807) is 7.11 Å². The first-order valence-corrected chi connectivity index (χ1v) is 9.11. The van der Waals surface area contributed by atoms with Gasteiger partial charge in [0, 0.05) is 11.9 Å². The second-order valence-electron chi connectivity index (χ2n) is 5.58. The maximum absolute atomic E-state index is 12.0. The van der Waals surface area contributed by atoms with E-state index >= 15 is 0 Å². The number of para-hydroxylation sites is 1. The van der Waals surface area contributed by atoms with Gasteiger partial charge in [0.05, 0.1) is 23.4 Å². The van der Waals surface area contributed by atoms with Gasteiger partial charge >= 0.3 is 0 Å². The summed E-state index contributed by atoms with van der Waals surface area (Å²) in [5.74, 6) is 1.23. The average molecular weight is 352 g/mol. The number of pyridine rings is 1. The van der Waals surface area contributed by atoms with E-state index in [2.05, 4.69) is 10.3 Å². The van der Waals surface area contributed by atoms with Gasteiger partial charge < -0.3 is 10.1 Å².